The molecular weight excluding hydrogens is 284 g/mol. The van der Waals surface area contributed by atoms with Crippen LogP contribution in [0.1, 0.15) is 12.5 Å². The summed E-state index contributed by atoms with van der Waals surface area (Å²) >= 11 is 5.98. The molecule has 6 heteroatoms. The van der Waals surface area contributed by atoms with Gasteiger partial charge in [-0.2, -0.15) is 4.31 Å². The van der Waals surface area contributed by atoms with E-state index in [2.05, 4.69) is 11.2 Å². The van der Waals surface area contributed by atoms with Gasteiger partial charge in [-0.05, 0) is 24.2 Å². The third-order valence-corrected chi connectivity index (χ3v) is 4.86. The van der Waals surface area contributed by atoms with Crippen LogP contribution in [0, 0.1) is 12.3 Å². The predicted molar refractivity (Wildman–Crippen MR) is 77.5 cm³/mol. The highest BCUT2D eigenvalue weighted by Gasteiger charge is 2.23. The molecule has 4 nitrogen and oxygen atoms in total. The maximum Gasteiger partial charge on any atom is 0.245 e. The van der Waals surface area contributed by atoms with Gasteiger partial charge in [0.2, 0.25) is 10.0 Å². The first-order valence-electron chi connectivity index (χ1n) is 5.82. The molecule has 0 radical (unpaired) electrons. The van der Waals surface area contributed by atoms with E-state index in [9.17, 15) is 8.42 Å². The molecule has 0 amide bonds. The van der Waals surface area contributed by atoms with Crippen molar-refractivity contribution in [3.63, 3.8) is 0 Å². The first-order chi connectivity index (χ1) is 8.93. The molecule has 0 spiro atoms. The number of sulfonamides is 1. The molecule has 0 aliphatic carbocycles. The number of hydrogen-bond acceptors (Lipinski definition) is 3. The van der Waals surface area contributed by atoms with Gasteiger partial charge in [0.15, 0.2) is 0 Å². The minimum absolute atomic E-state index is 0.0100. The van der Waals surface area contributed by atoms with Crippen LogP contribution in [-0.2, 0) is 16.6 Å². The van der Waals surface area contributed by atoms with Gasteiger partial charge in [0.1, 0.15) is 4.90 Å². The zero-order chi connectivity index (χ0) is 14.5. The Balaban J connectivity index is 3.15. The van der Waals surface area contributed by atoms with E-state index in [0.29, 0.717) is 6.54 Å². The van der Waals surface area contributed by atoms with E-state index in [0.717, 1.165) is 16.4 Å². The maximum atomic E-state index is 12.3. The van der Waals surface area contributed by atoms with Crippen LogP contribution in [0.15, 0.2) is 23.1 Å². The number of hydrogen-bond donors (Lipinski definition) is 1. The van der Waals surface area contributed by atoms with Crippen molar-refractivity contribution in [3.8, 4) is 12.3 Å². The number of terminal acetylenes is 1. The SMILES string of the molecule is C#CCN(C)S(=O)(=O)c1cc(CNCC)ccc1Cl. The lowest BCUT2D eigenvalue weighted by molar-refractivity contribution is 0.503. The summed E-state index contributed by atoms with van der Waals surface area (Å²) in [5, 5.41) is 3.33. The van der Waals surface area contributed by atoms with Crippen molar-refractivity contribution >= 4 is 21.6 Å². The molecule has 0 aliphatic rings. The van der Waals surface area contributed by atoms with Gasteiger partial charge in [-0.25, -0.2) is 8.42 Å². The molecule has 0 bridgehead atoms. The Bertz CT molecular complexity index is 579. The van der Waals surface area contributed by atoms with E-state index in [1.807, 2.05) is 6.92 Å². The van der Waals surface area contributed by atoms with Crippen LogP contribution in [0.25, 0.3) is 0 Å². The summed E-state index contributed by atoms with van der Waals surface area (Å²) in [5.41, 5.74) is 0.860. The summed E-state index contributed by atoms with van der Waals surface area (Å²) in [7, 11) is -2.22. The number of rotatable bonds is 6. The molecule has 0 unspecified atom stereocenters. The van der Waals surface area contributed by atoms with Crippen molar-refractivity contribution in [1.29, 1.82) is 0 Å². The van der Waals surface area contributed by atoms with Crippen molar-refractivity contribution in [2.75, 3.05) is 20.1 Å². The minimum Gasteiger partial charge on any atom is -0.313 e. The van der Waals surface area contributed by atoms with Crippen molar-refractivity contribution in [3.05, 3.63) is 28.8 Å². The summed E-state index contributed by atoms with van der Waals surface area (Å²) in [6.07, 6.45) is 5.14. The standard InChI is InChI=1S/C13H17ClN2O2S/c1-4-8-16(3)19(17,18)13-9-11(10-15-5-2)6-7-12(13)14/h1,6-7,9,15H,5,8,10H2,2-3H3. The second-order valence-electron chi connectivity index (χ2n) is 4.01. The second-order valence-corrected chi connectivity index (χ2v) is 6.43. The zero-order valence-electron chi connectivity index (χ0n) is 11.0. The third-order valence-electron chi connectivity index (χ3n) is 2.58. The summed E-state index contributed by atoms with van der Waals surface area (Å²) in [5.74, 6) is 2.30. The Morgan fingerprint density at radius 3 is 2.74 bits per heavy atom. The lowest BCUT2D eigenvalue weighted by Gasteiger charge is -2.16. The summed E-state index contributed by atoms with van der Waals surface area (Å²) in [4.78, 5) is 0.0855. The normalized spacial score (nSPS) is 11.5. The molecule has 1 N–H and O–H groups in total. The fourth-order valence-corrected chi connectivity index (χ4v) is 3.11. The monoisotopic (exact) mass is 300 g/mol. The smallest absolute Gasteiger partial charge is 0.245 e. The molecule has 0 fully saturated rings. The molecule has 0 saturated heterocycles. The molecule has 0 saturated carbocycles. The highest BCUT2D eigenvalue weighted by atomic mass is 35.5. The molecule has 0 heterocycles. The average molecular weight is 301 g/mol. The van der Waals surface area contributed by atoms with Crippen molar-refractivity contribution in [2.24, 2.45) is 0 Å². The maximum absolute atomic E-state index is 12.3. The van der Waals surface area contributed by atoms with Crippen LogP contribution < -0.4 is 5.32 Å². The van der Waals surface area contributed by atoms with Gasteiger partial charge in [-0.1, -0.05) is 30.5 Å². The highest BCUT2D eigenvalue weighted by molar-refractivity contribution is 7.89. The zero-order valence-corrected chi connectivity index (χ0v) is 12.6. The van der Waals surface area contributed by atoms with Crippen LogP contribution in [0.2, 0.25) is 5.02 Å². The van der Waals surface area contributed by atoms with E-state index in [-0.39, 0.29) is 16.5 Å². The van der Waals surface area contributed by atoms with Gasteiger partial charge in [0, 0.05) is 13.6 Å². The van der Waals surface area contributed by atoms with E-state index < -0.39 is 10.0 Å². The molecule has 104 valence electrons. The molecule has 1 aromatic carbocycles. The van der Waals surface area contributed by atoms with Crippen LogP contribution in [0.4, 0.5) is 0 Å². The highest BCUT2D eigenvalue weighted by Crippen LogP contribution is 2.25. The topological polar surface area (TPSA) is 49.4 Å². The number of benzene rings is 1. The van der Waals surface area contributed by atoms with Gasteiger partial charge in [-0.15, -0.1) is 6.42 Å². The Hall–Kier alpha value is -1.06. The molecule has 0 atom stereocenters. The Labute approximate surface area is 119 Å². The van der Waals surface area contributed by atoms with Crippen LogP contribution in [-0.4, -0.2) is 32.9 Å². The minimum atomic E-state index is -3.65. The Morgan fingerprint density at radius 1 is 1.47 bits per heavy atom. The second kappa shape index (κ2) is 6.92. The van der Waals surface area contributed by atoms with Crippen molar-refractivity contribution < 1.29 is 8.42 Å². The molecule has 19 heavy (non-hydrogen) atoms. The lowest BCUT2D eigenvalue weighted by Crippen LogP contribution is -2.27. The number of halogens is 1. The first-order valence-corrected chi connectivity index (χ1v) is 7.64. The van der Waals surface area contributed by atoms with Crippen LogP contribution in [0.3, 0.4) is 0 Å². The van der Waals surface area contributed by atoms with Gasteiger partial charge >= 0.3 is 0 Å². The van der Waals surface area contributed by atoms with E-state index in [1.165, 1.54) is 7.05 Å². The van der Waals surface area contributed by atoms with E-state index in [4.69, 9.17) is 18.0 Å². The largest absolute Gasteiger partial charge is 0.313 e. The van der Waals surface area contributed by atoms with Gasteiger partial charge < -0.3 is 5.32 Å². The predicted octanol–water partition coefficient (Wildman–Crippen LogP) is 1.70. The molecule has 1 rings (SSSR count). The van der Waals surface area contributed by atoms with Crippen molar-refractivity contribution in [2.45, 2.75) is 18.4 Å². The fraction of sp³-hybridized carbons (Fsp3) is 0.385. The summed E-state index contributed by atoms with van der Waals surface area (Å²) in [6, 6.07) is 4.96. The average Bonchev–Trinajstić information content (AvgIpc) is 2.37. The summed E-state index contributed by atoms with van der Waals surface area (Å²) in [6.45, 7) is 3.39. The van der Waals surface area contributed by atoms with Crippen molar-refractivity contribution in [1.82, 2.24) is 9.62 Å². The van der Waals surface area contributed by atoms with E-state index in [1.54, 1.807) is 18.2 Å². The quantitative estimate of drug-likeness (QED) is 0.814. The van der Waals surface area contributed by atoms with E-state index >= 15 is 0 Å². The first kappa shape index (κ1) is 16.0. The van der Waals surface area contributed by atoms with Crippen LogP contribution in [0.5, 0.6) is 0 Å². The lowest BCUT2D eigenvalue weighted by atomic mass is 10.2. The molecule has 0 aromatic heterocycles. The number of nitrogens with one attached hydrogen (secondary N) is 1. The Morgan fingerprint density at radius 2 is 2.16 bits per heavy atom. The Kier molecular flexibility index (Phi) is 5.83. The molecule has 0 aliphatic heterocycles. The molecular formula is C13H17ClN2O2S. The van der Waals surface area contributed by atoms with Crippen LogP contribution >= 0.6 is 11.6 Å². The number of nitrogens with zero attached hydrogens (tertiary/aromatic N) is 1. The third kappa shape index (κ3) is 3.95. The summed E-state index contributed by atoms with van der Waals surface area (Å²) < 4.78 is 25.7. The van der Waals surface area contributed by atoms with Gasteiger partial charge in [-0.3, -0.25) is 0 Å². The van der Waals surface area contributed by atoms with Gasteiger partial charge in [0.05, 0.1) is 11.6 Å². The van der Waals surface area contributed by atoms with Gasteiger partial charge in [0.25, 0.3) is 0 Å². The fourth-order valence-electron chi connectivity index (χ4n) is 1.51. The molecule has 1 aromatic rings.